The lowest BCUT2D eigenvalue weighted by molar-refractivity contribution is 0.0950. The average Bonchev–Trinajstić information content (AvgIpc) is 2.80. The molecule has 0 unspecified atom stereocenters. The molecule has 0 aliphatic rings. The van der Waals surface area contributed by atoms with Crippen LogP contribution in [0.2, 0.25) is 0 Å². The van der Waals surface area contributed by atoms with Crippen LogP contribution in [0.5, 0.6) is 0 Å². The lowest BCUT2D eigenvalue weighted by atomic mass is 10.3. The zero-order chi connectivity index (χ0) is 11.4. The molecule has 1 amide bonds. The Kier molecular flexibility index (Phi) is 3.11. The fourth-order valence-corrected chi connectivity index (χ4v) is 1.71. The first-order valence-corrected chi connectivity index (χ1v) is 5.49. The maximum atomic E-state index is 11.6. The molecule has 0 atom stereocenters. The summed E-state index contributed by atoms with van der Waals surface area (Å²) in [6, 6.07) is 2.80. The fraction of sp³-hybridized carbons (Fsp3) is 0.100. The minimum atomic E-state index is -0.230. The third-order valence-corrected chi connectivity index (χ3v) is 2.71. The number of hydrogen-bond donors (Lipinski definition) is 2. The Balaban J connectivity index is 1.98. The topological polar surface area (TPSA) is 74.8 Å². The summed E-state index contributed by atoms with van der Waals surface area (Å²) in [6.07, 6.45) is 3.08. The van der Waals surface area contributed by atoms with Gasteiger partial charge in [0, 0.05) is 23.8 Å². The molecule has 2 aromatic heterocycles. The number of nitrogens with zero attached hydrogens (tertiary/aromatic N) is 1. The molecule has 2 N–H and O–H groups in total. The van der Waals surface area contributed by atoms with Gasteiger partial charge in [-0.1, -0.05) is 0 Å². The van der Waals surface area contributed by atoms with E-state index in [0.29, 0.717) is 12.1 Å². The Morgan fingerprint density at radius 3 is 3.00 bits per heavy atom. The fourth-order valence-electron chi connectivity index (χ4n) is 1.15. The predicted octanol–water partition coefficient (Wildman–Crippen LogP) is 0.761. The summed E-state index contributed by atoms with van der Waals surface area (Å²) in [5.41, 5.74) is 0.202. The standard InChI is InChI=1S/C10H9N3O2S/c14-8-2-1-7(5-12-8)10(15)13-6-9-11-3-4-16-9/h1-5H,6H2,(H,12,14)(H,13,15). The molecule has 2 heterocycles. The number of nitrogens with one attached hydrogen (secondary N) is 2. The maximum Gasteiger partial charge on any atom is 0.253 e. The van der Waals surface area contributed by atoms with Crippen LogP contribution in [0.4, 0.5) is 0 Å². The third-order valence-electron chi connectivity index (χ3n) is 1.93. The van der Waals surface area contributed by atoms with E-state index in [1.165, 1.54) is 29.7 Å². The van der Waals surface area contributed by atoms with Crippen molar-refractivity contribution in [1.29, 1.82) is 0 Å². The molecule has 0 saturated carbocycles. The van der Waals surface area contributed by atoms with Gasteiger partial charge in [-0.15, -0.1) is 11.3 Å². The molecular weight excluding hydrogens is 226 g/mol. The van der Waals surface area contributed by atoms with Gasteiger partial charge in [0.2, 0.25) is 5.56 Å². The minimum absolute atomic E-state index is 0.225. The van der Waals surface area contributed by atoms with Crippen LogP contribution in [0.1, 0.15) is 15.4 Å². The predicted molar refractivity (Wildman–Crippen MR) is 60.3 cm³/mol. The van der Waals surface area contributed by atoms with Crippen LogP contribution in [0, 0.1) is 0 Å². The van der Waals surface area contributed by atoms with E-state index in [-0.39, 0.29) is 11.5 Å². The second-order valence-corrected chi connectivity index (χ2v) is 4.03. The lowest BCUT2D eigenvalue weighted by Crippen LogP contribution is -2.23. The van der Waals surface area contributed by atoms with E-state index >= 15 is 0 Å². The summed E-state index contributed by atoms with van der Waals surface area (Å²) in [6.45, 7) is 0.398. The molecule has 0 spiro atoms. The summed E-state index contributed by atoms with van der Waals surface area (Å²) in [7, 11) is 0. The van der Waals surface area contributed by atoms with E-state index in [1.807, 2.05) is 5.38 Å². The van der Waals surface area contributed by atoms with E-state index in [4.69, 9.17) is 0 Å². The summed E-state index contributed by atoms with van der Waals surface area (Å²) in [5.74, 6) is -0.230. The van der Waals surface area contributed by atoms with Gasteiger partial charge >= 0.3 is 0 Å². The van der Waals surface area contributed by atoms with Crippen molar-refractivity contribution in [2.24, 2.45) is 0 Å². The van der Waals surface area contributed by atoms with Crippen molar-refractivity contribution in [3.63, 3.8) is 0 Å². The molecule has 0 saturated heterocycles. The van der Waals surface area contributed by atoms with Crippen molar-refractivity contribution in [3.8, 4) is 0 Å². The van der Waals surface area contributed by atoms with Crippen molar-refractivity contribution >= 4 is 17.2 Å². The van der Waals surface area contributed by atoms with Gasteiger partial charge in [0.15, 0.2) is 0 Å². The summed E-state index contributed by atoms with van der Waals surface area (Å²) in [5, 5.41) is 5.40. The Morgan fingerprint density at radius 1 is 1.50 bits per heavy atom. The van der Waals surface area contributed by atoms with Crippen molar-refractivity contribution in [3.05, 3.63) is 50.8 Å². The molecule has 2 aromatic rings. The van der Waals surface area contributed by atoms with Crippen LogP contribution in [0.25, 0.3) is 0 Å². The molecule has 5 nitrogen and oxygen atoms in total. The van der Waals surface area contributed by atoms with Crippen LogP contribution >= 0.6 is 11.3 Å². The molecule has 82 valence electrons. The number of hydrogen-bond acceptors (Lipinski definition) is 4. The summed E-state index contributed by atoms with van der Waals surface area (Å²) in [4.78, 5) is 28.9. The molecule has 0 fully saturated rings. The monoisotopic (exact) mass is 235 g/mol. The van der Waals surface area contributed by atoms with Crippen LogP contribution in [0.15, 0.2) is 34.7 Å². The lowest BCUT2D eigenvalue weighted by Gasteiger charge is -2.01. The maximum absolute atomic E-state index is 11.6. The highest BCUT2D eigenvalue weighted by atomic mass is 32.1. The Morgan fingerprint density at radius 2 is 2.38 bits per heavy atom. The Hall–Kier alpha value is -1.95. The van der Waals surface area contributed by atoms with Gasteiger partial charge in [0.05, 0.1) is 12.1 Å². The highest BCUT2D eigenvalue weighted by Crippen LogP contribution is 2.03. The Labute approximate surface area is 95.2 Å². The second kappa shape index (κ2) is 4.71. The minimum Gasteiger partial charge on any atom is -0.345 e. The van der Waals surface area contributed by atoms with Gasteiger partial charge in [-0.25, -0.2) is 4.98 Å². The van der Waals surface area contributed by atoms with Gasteiger partial charge in [-0.2, -0.15) is 0 Å². The number of H-pyrrole nitrogens is 1. The Bertz CT molecular complexity index is 513. The summed E-state index contributed by atoms with van der Waals surface area (Å²) >= 11 is 1.48. The first kappa shape index (κ1) is 10.6. The van der Waals surface area contributed by atoms with Crippen LogP contribution in [-0.4, -0.2) is 15.9 Å². The molecule has 0 radical (unpaired) electrons. The molecule has 0 bridgehead atoms. The van der Waals surface area contributed by atoms with Crippen LogP contribution in [-0.2, 0) is 6.54 Å². The number of carbonyl (C=O) groups is 1. The highest BCUT2D eigenvalue weighted by Gasteiger charge is 2.05. The zero-order valence-electron chi connectivity index (χ0n) is 8.27. The number of aromatic nitrogens is 2. The highest BCUT2D eigenvalue weighted by molar-refractivity contribution is 7.09. The van der Waals surface area contributed by atoms with Crippen LogP contribution in [0.3, 0.4) is 0 Å². The molecule has 0 aromatic carbocycles. The zero-order valence-corrected chi connectivity index (χ0v) is 9.08. The van der Waals surface area contributed by atoms with Crippen molar-refractivity contribution in [2.75, 3.05) is 0 Å². The van der Waals surface area contributed by atoms with Crippen molar-refractivity contribution in [2.45, 2.75) is 6.54 Å². The van der Waals surface area contributed by atoms with E-state index in [2.05, 4.69) is 15.3 Å². The number of carbonyl (C=O) groups excluding carboxylic acids is 1. The van der Waals surface area contributed by atoms with Crippen LogP contribution < -0.4 is 10.9 Å². The largest absolute Gasteiger partial charge is 0.345 e. The first-order chi connectivity index (χ1) is 7.75. The normalized spacial score (nSPS) is 10.0. The smallest absolute Gasteiger partial charge is 0.253 e. The number of amides is 1. The van der Waals surface area contributed by atoms with Crippen molar-refractivity contribution in [1.82, 2.24) is 15.3 Å². The van der Waals surface area contributed by atoms with E-state index in [0.717, 1.165) is 5.01 Å². The van der Waals surface area contributed by atoms with Gasteiger partial charge in [-0.3, -0.25) is 9.59 Å². The number of pyridine rings is 1. The molecule has 6 heteroatoms. The number of rotatable bonds is 3. The molecule has 0 aliphatic carbocycles. The molecule has 0 aliphatic heterocycles. The van der Waals surface area contributed by atoms with Gasteiger partial charge in [0.25, 0.3) is 5.91 Å². The molecule has 16 heavy (non-hydrogen) atoms. The van der Waals surface area contributed by atoms with Gasteiger partial charge < -0.3 is 10.3 Å². The van der Waals surface area contributed by atoms with E-state index in [9.17, 15) is 9.59 Å². The third kappa shape index (κ3) is 2.54. The van der Waals surface area contributed by atoms with E-state index in [1.54, 1.807) is 6.20 Å². The van der Waals surface area contributed by atoms with Gasteiger partial charge in [0.1, 0.15) is 5.01 Å². The van der Waals surface area contributed by atoms with E-state index < -0.39 is 0 Å². The quantitative estimate of drug-likeness (QED) is 0.824. The SMILES string of the molecule is O=C(NCc1nccs1)c1ccc(=O)[nH]c1. The van der Waals surface area contributed by atoms with Crippen molar-refractivity contribution < 1.29 is 4.79 Å². The molecule has 2 rings (SSSR count). The first-order valence-electron chi connectivity index (χ1n) is 4.61. The summed E-state index contributed by atoms with van der Waals surface area (Å²) < 4.78 is 0. The second-order valence-electron chi connectivity index (χ2n) is 3.05. The number of aromatic amines is 1. The molecular formula is C10H9N3O2S. The number of thiazole rings is 1. The average molecular weight is 235 g/mol. The van der Waals surface area contributed by atoms with Gasteiger partial charge in [-0.05, 0) is 6.07 Å².